The smallest absolute Gasteiger partial charge is 0.294 e. The number of rotatable bonds is 6. The zero-order valence-electron chi connectivity index (χ0n) is 19.4. The van der Waals surface area contributed by atoms with Gasteiger partial charge < -0.3 is 23.5 Å². The van der Waals surface area contributed by atoms with E-state index < -0.39 is 0 Å². The quantitative estimate of drug-likeness (QED) is 0.340. The van der Waals surface area contributed by atoms with Crippen molar-refractivity contribution in [3.05, 3.63) is 53.7 Å². The van der Waals surface area contributed by atoms with E-state index in [0.29, 0.717) is 51.8 Å². The third-order valence-electron chi connectivity index (χ3n) is 6.15. The van der Waals surface area contributed by atoms with E-state index in [1.165, 1.54) is 11.3 Å². The van der Waals surface area contributed by atoms with E-state index in [0.717, 1.165) is 28.6 Å². The molecule has 0 fully saturated rings. The molecule has 1 amide bonds. The molecule has 9 nitrogen and oxygen atoms in total. The molecule has 178 valence electrons. The second-order valence-corrected chi connectivity index (χ2v) is 9.12. The molecule has 0 saturated heterocycles. The number of imidazole rings is 1. The first-order valence-corrected chi connectivity index (χ1v) is 11.9. The number of hydrogen-bond acceptors (Lipinski definition) is 8. The van der Waals surface area contributed by atoms with Gasteiger partial charge in [0.25, 0.3) is 5.19 Å². The van der Waals surface area contributed by atoms with Crippen molar-refractivity contribution in [2.75, 3.05) is 25.7 Å². The van der Waals surface area contributed by atoms with Crippen LogP contribution in [0.25, 0.3) is 27.4 Å². The third kappa shape index (κ3) is 3.66. The predicted octanol–water partition coefficient (Wildman–Crippen LogP) is 4.71. The minimum absolute atomic E-state index is 0.0510. The van der Waals surface area contributed by atoms with Crippen LogP contribution in [-0.2, 0) is 17.8 Å². The largest absolute Gasteiger partial charge is 0.496 e. The first-order valence-electron chi connectivity index (χ1n) is 11.1. The minimum atomic E-state index is 0.0510. The molecule has 3 aromatic heterocycles. The average molecular weight is 491 g/mol. The topological polar surface area (TPSA) is 91.3 Å². The maximum atomic E-state index is 12.0. The summed E-state index contributed by atoms with van der Waals surface area (Å²) in [6.07, 6.45) is 2.62. The van der Waals surface area contributed by atoms with Crippen LogP contribution in [0.3, 0.4) is 0 Å². The molecule has 1 aliphatic rings. The lowest BCUT2D eigenvalue weighted by Crippen LogP contribution is -2.25. The van der Waals surface area contributed by atoms with Crippen LogP contribution in [0.2, 0.25) is 0 Å². The number of ether oxygens (including phenoxy) is 3. The Morgan fingerprint density at radius 1 is 1.20 bits per heavy atom. The number of carbonyl (C=O) groups excluding carboxylic acids is 1. The van der Waals surface area contributed by atoms with Crippen molar-refractivity contribution < 1.29 is 23.4 Å². The molecule has 0 unspecified atom stereocenters. The molecular weight excluding hydrogens is 468 g/mol. The average Bonchev–Trinajstić information content (AvgIpc) is 3.62. The zero-order valence-corrected chi connectivity index (χ0v) is 20.2. The van der Waals surface area contributed by atoms with Gasteiger partial charge in [0.15, 0.2) is 5.76 Å². The number of hydrogen-bond donors (Lipinski definition) is 0. The monoisotopic (exact) mass is 490 g/mol. The number of aromatic nitrogens is 3. The van der Waals surface area contributed by atoms with E-state index in [1.807, 2.05) is 41.3 Å². The van der Waals surface area contributed by atoms with Crippen molar-refractivity contribution >= 4 is 38.9 Å². The van der Waals surface area contributed by atoms with Gasteiger partial charge in [0, 0.05) is 31.3 Å². The van der Waals surface area contributed by atoms with E-state index in [9.17, 15) is 4.79 Å². The molecule has 0 bridgehead atoms. The molecule has 4 heterocycles. The molecule has 1 aliphatic heterocycles. The Labute approximate surface area is 204 Å². The summed E-state index contributed by atoms with van der Waals surface area (Å²) < 4.78 is 24.7. The highest BCUT2D eigenvalue weighted by molar-refractivity contribution is 7.18. The highest BCUT2D eigenvalue weighted by atomic mass is 32.1. The number of methoxy groups -OCH3 is 2. The van der Waals surface area contributed by atoms with E-state index >= 15 is 0 Å². The Bertz CT molecular complexity index is 1550. The highest BCUT2D eigenvalue weighted by Crippen LogP contribution is 2.38. The summed E-state index contributed by atoms with van der Waals surface area (Å²) in [6.45, 7) is 2.65. The van der Waals surface area contributed by atoms with Crippen molar-refractivity contribution in [1.82, 2.24) is 14.6 Å². The number of anilines is 1. The third-order valence-corrected chi connectivity index (χ3v) is 7.03. The molecular formula is C25H22N4O5S. The van der Waals surface area contributed by atoms with Gasteiger partial charge in [-0.1, -0.05) is 12.1 Å². The summed E-state index contributed by atoms with van der Waals surface area (Å²) in [6, 6.07) is 11.6. The summed E-state index contributed by atoms with van der Waals surface area (Å²) in [7, 11) is 3.19. The van der Waals surface area contributed by atoms with Crippen molar-refractivity contribution in [2.24, 2.45) is 0 Å². The van der Waals surface area contributed by atoms with Crippen molar-refractivity contribution in [2.45, 2.75) is 20.0 Å². The van der Waals surface area contributed by atoms with Gasteiger partial charge in [-0.3, -0.25) is 4.79 Å². The number of carbonyl (C=O) groups is 1. The Morgan fingerprint density at radius 2 is 2.09 bits per heavy atom. The normalized spacial score (nSPS) is 12.9. The Morgan fingerprint density at radius 3 is 2.86 bits per heavy atom. The summed E-state index contributed by atoms with van der Waals surface area (Å²) in [4.78, 5) is 19.1. The number of benzene rings is 2. The maximum absolute atomic E-state index is 12.0. The van der Waals surface area contributed by atoms with Crippen LogP contribution in [0.1, 0.15) is 18.1 Å². The molecule has 35 heavy (non-hydrogen) atoms. The predicted molar refractivity (Wildman–Crippen MR) is 132 cm³/mol. The van der Waals surface area contributed by atoms with Crippen LogP contribution in [0.4, 0.5) is 5.69 Å². The summed E-state index contributed by atoms with van der Waals surface area (Å²) in [5.74, 6) is 1.93. The van der Waals surface area contributed by atoms with Gasteiger partial charge in [0.2, 0.25) is 10.9 Å². The minimum Gasteiger partial charge on any atom is -0.496 e. The summed E-state index contributed by atoms with van der Waals surface area (Å²) >= 11 is 1.35. The molecule has 0 atom stereocenters. The molecule has 0 aliphatic carbocycles. The van der Waals surface area contributed by atoms with Crippen LogP contribution in [-0.4, -0.2) is 41.3 Å². The SMILES string of the molecule is COc1cc(OCc2cccc3c2CCN3C(C)=O)c2cc(-c3cn4nc(OC)sc4n3)oc2c1. The first-order chi connectivity index (χ1) is 17.0. The highest BCUT2D eigenvalue weighted by Gasteiger charge is 2.24. The lowest BCUT2D eigenvalue weighted by atomic mass is 10.1. The van der Waals surface area contributed by atoms with Gasteiger partial charge in [-0.05, 0) is 41.0 Å². The van der Waals surface area contributed by atoms with E-state index in [1.54, 1.807) is 31.9 Å². The van der Waals surface area contributed by atoms with Gasteiger partial charge in [-0.25, -0.2) is 9.50 Å². The Balaban J connectivity index is 1.33. The number of furan rings is 1. The Kier molecular flexibility index (Phi) is 5.10. The van der Waals surface area contributed by atoms with Gasteiger partial charge in [-0.15, -0.1) is 5.10 Å². The van der Waals surface area contributed by atoms with Crippen LogP contribution in [0, 0.1) is 0 Å². The van der Waals surface area contributed by atoms with E-state index in [-0.39, 0.29) is 5.91 Å². The molecule has 6 rings (SSSR count). The fourth-order valence-corrected chi connectivity index (χ4v) is 5.15. The van der Waals surface area contributed by atoms with Crippen molar-refractivity contribution in [1.29, 1.82) is 0 Å². The molecule has 10 heteroatoms. The maximum Gasteiger partial charge on any atom is 0.294 e. The van der Waals surface area contributed by atoms with Crippen molar-refractivity contribution in [3.63, 3.8) is 0 Å². The number of amides is 1. The lowest BCUT2D eigenvalue weighted by molar-refractivity contribution is -0.116. The summed E-state index contributed by atoms with van der Waals surface area (Å²) in [5.41, 5.74) is 4.47. The van der Waals surface area contributed by atoms with Crippen LogP contribution in [0.5, 0.6) is 16.7 Å². The van der Waals surface area contributed by atoms with Gasteiger partial charge in [0.05, 0.1) is 25.8 Å². The van der Waals surface area contributed by atoms with Gasteiger partial charge in [-0.2, -0.15) is 0 Å². The second-order valence-electron chi connectivity index (χ2n) is 8.20. The fourth-order valence-electron chi connectivity index (χ4n) is 4.45. The zero-order chi connectivity index (χ0) is 24.1. The summed E-state index contributed by atoms with van der Waals surface area (Å²) in [5, 5.41) is 5.69. The van der Waals surface area contributed by atoms with E-state index in [2.05, 4.69) is 10.1 Å². The fraction of sp³-hybridized carbons (Fsp3) is 0.240. The van der Waals surface area contributed by atoms with Crippen molar-refractivity contribution in [3.8, 4) is 28.1 Å². The standard InChI is InChI=1S/C25H22N4O5S/c1-14(30)28-8-7-17-15(5-4-6-20(17)28)13-33-21-9-16(31-2)10-22-18(21)11-23(34-22)19-12-29-24(26-19)35-25(27-29)32-3/h4-6,9-12H,7-8,13H2,1-3H3. The number of fused-ring (bicyclic) bond motifs is 3. The van der Waals surface area contributed by atoms with Crippen LogP contribution >= 0.6 is 11.3 Å². The molecule has 0 saturated carbocycles. The second kappa shape index (κ2) is 8.31. The van der Waals surface area contributed by atoms with Gasteiger partial charge in [0.1, 0.15) is 29.4 Å². The van der Waals surface area contributed by atoms with Crippen LogP contribution in [0.15, 0.2) is 47.0 Å². The first kappa shape index (κ1) is 21.5. The molecule has 0 radical (unpaired) electrons. The van der Waals surface area contributed by atoms with Crippen LogP contribution < -0.4 is 19.1 Å². The van der Waals surface area contributed by atoms with Gasteiger partial charge >= 0.3 is 0 Å². The number of nitrogens with zero attached hydrogens (tertiary/aromatic N) is 4. The molecule has 2 aromatic carbocycles. The lowest BCUT2D eigenvalue weighted by Gasteiger charge is -2.16. The molecule has 0 spiro atoms. The molecule has 5 aromatic rings. The Hall–Kier alpha value is -4.05. The molecule has 0 N–H and O–H groups in total. The van der Waals surface area contributed by atoms with E-state index in [4.69, 9.17) is 18.6 Å².